The van der Waals surface area contributed by atoms with E-state index >= 15 is 0 Å². The van der Waals surface area contributed by atoms with Gasteiger partial charge in [0.15, 0.2) is 11.4 Å². The highest BCUT2D eigenvalue weighted by molar-refractivity contribution is 5.95. The van der Waals surface area contributed by atoms with E-state index < -0.39 is 12.5 Å². The van der Waals surface area contributed by atoms with Gasteiger partial charge in [0, 0.05) is 23.4 Å². The number of hydrogen-bond donors (Lipinski definition) is 4. The largest absolute Gasteiger partial charge is 0.505 e. The molecule has 6 nitrogen and oxygen atoms in total. The summed E-state index contributed by atoms with van der Waals surface area (Å²) in [6, 6.07) is 0.166. The van der Waals surface area contributed by atoms with E-state index in [0.717, 1.165) is 12.8 Å². The molecule has 1 aliphatic rings. The molecule has 1 heterocycles. The van der Waals surface area contributed by atoms with Crippen LogP contribution in [0.1, 0.15) is 34.5 Å². The first-order chi connectivity index (χ1) is 8.17. The molecule has 0 aromatic carbocycles. The minimum absolute atomic E-state index is 0.113. The predicted molar refractivity (Wildman–Crippen MR) is 58.2 cm³/mol. The van der Waals surface area contributed by atoms with E-state index in [0.29, 0.717) is 5.56 Å². The van der Waals surface area contributed by atoms with Crippen LogP contribution in [0.5, 0.6) is 5.75 Å². The van der Waals surface area contributed by atoms with Crippen molar-refractivity contribution in [2.75, 3.05) is 0 Å². The Kier molecular flexibility index (Phi) is 3.26. The van der Waals surface area contributed by atoms with Gasteiger partial charge in [0.25, 0.3) is 5.91 Å². The van der Waals surface area contributed by atoms with Gasteiger partial charge in [0.1, 0.15) is 0 Å². The molecule has 1 aromatic rings. The summed E-state index contributed by atoms with van der Waals surface area (Å²) in [5.41, 5.74) is 0.342. The van der Waals surface area contributed by atoms with Gasteiger partial charge in [-0.1, -0.05) is 0 Å². The molecule has 17 heavy (non-hydrogen) atoms. The van der Waals surface area contributed by atoms with Gasteiger partial charge >= 0.3 is 0 Å². The Morgan fingerprint density at radius 3 is 2.65 bits per heavy atom. The standard InChI is InChI=1S/C11H14N2O4/c14-4-6-3-12-9(10(16)8(6)5-15)11(17)13-7-1-2-7/h3,7,14-16H,1-2,4-5H2,(H,13,17). The summed E-state index contributed by atoms with van der Waals surface area (Å²) in [5, 5.41) is 30.6. The summed E-state index contributed by atoms with van der Waals surface area (Å²) in [7, 11) is 0. The zero-order valence-corrected chi connectivity index (χ0v) is 9.18. The van der Waals surface area contributed by atoms with Crippen LogP contribution in [0.4, 0.5) is 0 Å². The number of nitrogens with zero attached hydrogens (tertiary/aromatic N) is 1. The van der Waals surface area contributed by atoms with Crippen LogP contribution in [0, 0.1) is 0 Å². The number of aliphatic hydroxyl groups is 2. The number of aliphatic hydroxyl groups excluding tert-OH is 2. The van der Waals surface area contributed by atoms with Crippen molar-refractivity contribution in [2.24, 2.45) is 0 Å². The van der Waals surface area contributed by atoms with E-state index in [1.165, 1.54) is 6.20 Å². The zero-order valence-electron chi connectivity index (χ0n) is 9.18. The fraction of sp³-hybridized carbons (Fsp3) is 0.455. The number of carbonyl (C=O) groups is 1. The third-order valence-corrected chi connectivity index (χ3v) is 2.70. The third-order valence-electron chi connectivity index (χ3n) is 2.70. The van der Waals surface area contributed by atoms with Gasteiger partial charge in [-0.2, -0.15) is 0 Å². The Bertz CT molecular complexity index is 443. The molecule has 0 radical (unpaired) electrons. The average Bonchev–Trinajstić information content (AvgIpc) is 3.12. The van der Waals surface area contributed by atoms with Crippen molar-refractivity contribution in [3.63, 3.8) is 0 Å². The van der Waals surface area contributed by atoms with E-state index in [2.05, 4.69) is 10.3 Å². The second-order valence-corrected chi connectivity index (χ2v) is 4.02. The SMILES string of the molecule is O=C(NC1CC1)c1ncc(CO)c(CO)c1O. The molecule has 1 fully saturated rings. The molecular formula is C11H14N2O4. The minimum Gasteiger partial charge on any atom is -0.505 e. The fourth-order valence-electron chi connectivity index (χ4n) is 1.54. The highest BCUT2D eigenvalue weighted by Crippen LogP contribution is 2.26. The number of hydrogen-bond acceptors (Lipinski definition) is 5. The van der Waals surface area contributed by atoms with E-state index in [1.54, 1.807) is 0 Å². The molecule has 92 valence electrons. The summed E-state index contributed by atoms with van der Waals surface area (Å²) in [4.78, 5) is 15.5. The van der Waals surface area contributed by atoms with Gasteiger partial charge in [0.2, 0.25) is 0 Å². The smallest absolute Gasteiger partial charge is 0.273 e. The summed E-state index contributed by atoms with van der Waals surface area (Å²) in [6.07, 6.45) is 3.16. The number of aromatic nitrogens is 1. The van der Waals surface area contributed by atoms with E-state index in [1.807, 2.05) is 0 Å². The molecule has 0 atom stereocenters. The number of pyridine rings is 1. The molecule has 1 saturated carbocycles. The molecule has 4 N–H and O–H groups in total. The molecule has 0 saturated heterocycles. The lowest BCUT2D eigenvalue weighted by molar-refractivity contribution is 0.0942. The van der Waals surface area contributed by atoms with Gasteiger partial charge in [-0.15, -0.1) is 0 Å². The van der Waals surface area contributed by atoms with Gasteiger partial charge in [-0.3, -0.25) is 4.79 Å². The molecule has 1 amide bonds. The molecule has 1 aromatic heterocycles. The lowest BCUT2D eigenvalue weighted by Crippen LogP contribution is -2.26. The second kappa shape index (κ2) is 4.68. The molecule has 6 heteroatoms. The first-order valence-corrected chi connectivity index (χ1v) is 5.39. The van der Waals surface area contributed by atoms with Gasteiger partial charge in [0.05, 0.1) is 13.2 Å². The first-order valence-electron chi connectivity index (χ1n) is 5.39. The lowest BCUT2D eigenvalue weighted by Gasteiger charge is -2.10. The van der Waals surface area contributed by atoms with Gasteiger partial charge in [-0.05, 0) is 12.8 Å². The van der Waals surface area contributed by atoms with Crippen LogP contribution in [0.15, 0.2) is 6.20 Å². The molecule has 0 spiro atoms. The molecule has 0 unspecified atom stereocenters. The minimum atomic E-state index is -0.454. The second-order valence-electron chi connectivity index (χ2n) is 4.02. The Morgan fingerprint density at radius 1 is 1.41 bits per heavy atom. The number of aromatic hydroxyl groups is 1. The van der Waals surface area contributed by atoms with E-state index in [9.17, 15) is 9.90 Å². The third kappa shape index (κ3) is 2.37. The monoisotopic (exact) mass is 238 g/mol. The van der Waals surface area contributed by atoms with Gasteiger partial charge < -0.3 is 20.6 Å². The van der Waals surface area contributed by atoms with Crippen LogP contribution < -0.4 is 5.32 Å². The van der Waals surface area contributed by atoms with Crippen molar-refractivity contribution in [1.29, 1.82) is 0 Å². The van der Waals surface area contributed by atoms with Gasteiger partial charge in [-0.25, -0.2) is 4.98 Å². The molecule has 1 aliphatic carbocycles. The number of rotatable bonds is 4. The van der Waals surface area contributed by atoms with Crippen LogP contribution in [0.2, 0.25) is 0 Å². The van der Waals surface area contributed by atoms with Crippen molar-refractivity contribution in [1.82, 2.24) is 10.3 Å². The van der Waals surface area contributed by atoms with Crippen LogP contribution in [0.3, 0.4) is 0 Å². The van der Waals surface area contributed by atoms with Crippen molar-refractivity contribution >= 4 is 5.91 Å². The van der Waals surface area contributed by atoms with Crippen LogP contribution >= 0.6 is 0 Å². The summed E-state index contributed by atoms with van der Waals surface area (Å²) in [6.45, 7) is -0.797. The van der Waals surface area contributed by atoms with Crippen molar-refractivity contribution < 1.29 is 20.1 Å². The van der Waals surface area contributed by atoms with Crippen molar-refractivity contribution in [3.8, 4) is 5.75 Å². The summed E-state index contributed by atoms with van der Waals surface area (Å²) >= 11 is 0. The Morgan fingerprint density at radius 2 is 2.12 bits per heavy atom. The van der Waals surface area contributed by atoms with Crippen LogP contribution in [-0.2, 0) is 13.2 Å². The Labute approximate surface area is 97.9 Å². The predicted octanol–water partition coefficient (Wildman–Crippen LogP) is -0.336. The maximum Gasteiger partial charge on any atom is 0.273 e. The Hall–Kier alpha value is -1.66. The fourth-order valence-corrected chi connectivity index (χ4v) is 1.54. The number of amides is 1. The molecule has 2 rings (SSSR count). The highest BCUT2D eigenvalue weighted by Gasteiger charge is 2.26. The van der Waals surface area contributed by atoms with E-state index in [-0.39, 0.29) is 29.7 Å². The first kappa shape index (κ1) is 11.8. The zero-order chi connectivity index (χ0) is 12.4. The van der Waals surface area contributed by atoms with Crippen LogP contribution in [0.25, 0.3) is 0 Å². The summed E-state index contributed by atoms with van der Waals surface area (Å²) < 4.78 is 0. The van der Waals surface area contributed by atoms with Crippen molar-refractivity contribution in [3.05, 3.63) is 23.0 Å². The number of nitrogens with one attached hydrogen (secondary N) is 1. The molecular weight excluding hydrogens is 224 g/mol. The maximum atomic E-state index is 11.7. The topological polar surface area (TPSA) is 103 Å². The quantitative estimate of drug-likeness (QED) is 0.575. The maximum absolute atomic E-state index is 11.7. The molecule has 0 bridgehead atoms. The average molecular weight is 238 g/mol. The highest BCUT2D eigenvalue weighted by atomic mass is 16.3. The molecule has 0 aliphatic heterocycles. The van der Waals surface area contributed by atoms with Crippen LogP contribution in [-0.4, -0.2) is 32.3 Å². The Balaban J connectivity index is 2.30. The van der Waals surface area contributed by atoms with E-state index in [4.69, 9.17) is 10.2 Å². The van der Waals surface area contributed by atoms with Crippen molar-refractivity contribution in [2.45, 2.75) is 32.1 Å². The normalized spacial score (nSPS) is 14.7. The number of carbonyl (C=O) groups excluding carboxylic acids is 1. The lowest BCUT2D eigenvalue weighted by atomic mass is 10.1. The summed E-state index contributed by atoms with van der Waals surface area (Å²) in [5.74, 6) is -0.818.